The smallest absolute Gasteiger partial charge is 0.329 e. The van der Waals surface area contributed by atoms with E-state index in [1.165, 1.54) is 0 Å². The standard InChI is InChI=1S/C26H27ClN2O4/c27-22-12-10-21(11-13-22)26-23(20-4-2-1-3-5-20)14-24(30)29(28-26)15-18-6-8-19(9-7-18)16-33-17-25(31)32/h1-5,10-14,18-19H,6-9,15-17H2,(H,31,32)/t18-,19+. The first-order valence-electron chi connectivity index (χ1n) is 11.2. The third kappa shape index (κ3) is 6.09. The van der Waals surface area contributed by atoms with E-state index in [1.807, 2.05) is 54.6 Å². The monoisotopic (exact) mass is 466 g/mol. The van der Waals surface area contributed by atoms with E-state index in [4.69, 9.17) is 26.5 Å². The Morgan fingerprint density at radius 1 is 1.00 bits per heavy atom. The molecule has 0 bridgehead atoms. The SMILES string of the molecule is O=C(O)COC[C@H]1CC[C@@H](Cn2nc(-c3ccc(Cl)cc3)c(-c3ccccc3)cc2=O)CC1. The molecule has 0 saturated heterocycles. The van der Waals surface area contributed by atoms with Crippen LogP contribution in [0.25, 0.3) is 22.4 Å². The topological polar surface area (TPSA) is 81.4 Å². The highest BCUT2D eigenvalue weighted by Crippen LogP contribution is 2.32. The second-order valence-electron chi connectivity index (χ2n) is 8.60. The molecule has 2 aromatic carbocycles. The van der Waals surface area contributed by atoms with E-state index >= 15 is 0 Å². The summed E-state index contributed by atoms with van der Waals surface area (Å²) in [7, 11) is 0. The molecule has 0 unspecified atom stereocenters. The molecule has 1 fully saturated rings. The molecule has 1 heterocycles. The Morgan fingerprint density at radius 3 is 2.33 bits per heavy atom. The van der Waals surface area contributed by atoms with Crippen molar-refractivity contribution in [2.45, 2.75) is 32.2 Å². The van der Waals surface area contributed by atoms with Gasteiger partial charge in [-0.3, -0.25) is 4.79 Å². The van der Waals surface area contributed by atoms with Gasteiger partial charge in [-0.15, -0.1) is 0 Å². The fourth-order valence-electron chi connectivity index (χ4n) is 4.42. The fourth-order valence-corrected chi connectivity index (χ4v) is 4.54. The summed E-state index contributed by atoms with van der Waals surface area (Å²) in [6.07, 6.45) is 3.86. The molecule has 172 valence electrons. The van der Waals surface area contributed by atoms with Gasteiger partial charge in [-0.05, 0) is 55.2 Å². The molecular weight excluding hydrogens is 440 g/mol. The number of benzene rings is 2. The van der Waals surface area contributed by atoms with Gasteiger partial charge in [-0.2, -0.15) is 5.10 Å². The highest BCUT2D eigenvalue weighted by Gasteiger charge is 2.23. The first-order valence-corrected chi connectivity index (χ1v) is 11.6. The van der Waals surface area contributed by atoms with E-state index in [0.29, 0.717) is 30.0 Å². The summed E-state index contributed by atoms with van der Waals surface area (Å²) >= 11 is 6.09. The Balaban J connectivity index is 1.54. The van der Waals surface area contributed by atoms with Crippen LogP contribution < -0.4 is 5.56 Å². The molecule has 7 heteroatoms. The number of hydrogen-bond donors (Lipinski definition) is 1. The highest BCUT2D eigenvalue weighted by molar-refractivity contribution is 6.30. The van der Waals surface area contributed by atoms with Crippen LogP contribution in [0.3, 0.4) is 0 Å². The van der Waals surface area contributed by atoms with E-state index in [-0.39, 0.29) is 12.2 Å². The predicted molar refractivity (Wildman–Crippen MR) is 128 cm³/mol. The van der Waals surface area contributed by atoms with Gasteiger partial charge in [0, 0.05) is 28.8 Å². The van der Waals surface area contributed by atoms with E-state index < -0.39 is 5.97 Å². The van der Waals surface area contributed by atoms with Gasteiger partial charge in [-0.25, -0.2) is 9.48 Å². The van der Waals surface area contributed by atoms with Gasteiger partial charge < -0.3 is 9.84 Å². The van der Waals surface area contributed by atoms with Crippen LogP contribution >= 0.6 is 11.6 Å². The van der Waals surface area contributed by atoms with Crippen LogP contribution in [0.4, 0.5) is 0 Å². The Bertz CT molecular complexity index is 1140. The van der Waals surface area contributed by atoms with Crippen molar-refractivity contribution in [3.8, 4) is 22.4 Å². The van der Waals surface area contributed by atoms with E-state index in [2.05, 4.69) is 0 Å². The van der Waals surface area contributed by atoms with Crippen LogP contribution in [-0.2, 0) is 16.1 Å². The van der Waals surface area contributed by atoms with Gasteiger partial charge in [0.25, 0.3) is 5.56 Å². The lowest BCUT2D eigenvalue weighted by Crippen LogP contribution is -2.29. The summed E-state index contributed by atoms with van der Waals surface area (Å²) < 4.78 is 6.84. The van der Waals surface area contributed by atoms with Crippen molar-refractivity contribution < 1.29 is 14.6 Å². The predicted octanol–water partition coefficient (Wildman–Crippen LogP) is 5.14. The molecule has 0 aliphatic heterocycles. The zero-order valence-corrected chi connectivity index (χ0v) is 19.1. The molecule has 6 nitrogen and oxygen atoms in total. The normalized spacial score (nSPS) is 18.2. The molecule has 1 aromatic heterocycles. The van der Waals surface area contributed by atoms with Gasteiger partial charge in [0.15, 0.2) is 0 Å². The van der Waals surface area contributed by atoms with Crippen LogP contribution in [0.15, 0.2) is 65.5 Å². The van der Waals surface area contributed by atoms with E-state index in [1.54, 1.807) is 10.7 Å². The quantitative estimate of drug-likeness (QED) is 0.497. The summed E-state index contributed by atoms with van der Waals surface area (Å²) in [5, 5.41) is 14.2. The number of nitrogens with zero attached hydrogens (tertiary/aromatic N) is 2. The maximum atomic E-state index is 13.0. The molecule has 1 aliphatic carbocycles. The molecule has 1 aliphatic rings. The molecule has 0 spiro atoms. The van der Waals surface area contributed by atoms with Gasteiger partial charge in [-0.1, -0.05) is 54.1 Å². The Morgan fingerprint density at radius 2 is 1.67 bits per heavy atom. The van der Waals surface area contributed by atoms with Gasteiger partial charge >= 0.3 is 5.97 Å². The van der Waals surface area contributed by atoms with Crippen molar-refractivity contribution in [1.29, 1.82) is 0 Å². The average Bonchev–Trinajstić information content (AvgIpc) is 2.82. The molecule has 1 N–H and O–H groups in total. The highest BCUT2D eigenvalue weighted by atomic mass is 35.5. The van der Waals surface area contributed by atoms with Crippen LogP contribution in [0.1, 0.15) is 25.7 Å². The summed E-state index contributed by atoms with van der Waals surface area (Å²) in [5.74, 6) is -0.216. The minimum absolute atomic E-state index is 0.113. The lowest BCUT2D eigenvalue weighted by molar-refractivity contribution is -0.142. The van der Waals surface area contributed by atoms with Crippen molar-refractivity contribution in [3.63, 3.8) is 0 Å². The van der Waals surface area contributed by atoms with Crippen molar-refractivity contribution in [2.24, 2.45) is 11.8 Å². The molecule has 4 rings (SSSR count). The second-order valence-corrected chi connectivity index (χ2v) is 9.03. The molecule has 1 saturated carbocycles. The summed E-state index contributed by atoms with van der Waals surface area (Å²) in [4.78, 5) is 23.6. The first kappa shape index (κ1) is 23.2. The van der Waals surface area contributed by atoms with Crippen molar-refractivity contribution in [2.75, 3.05) is 13.2 Å². The number of carbonyl (C=O) groups is 1. The maximum Gasteiger partial charge on any atom is 0.329 e. The Labute approximate surface area is 197 Å². The van der Waals surface area contributed by atoms with E-state index in [9.17, 15) is 9.59 Å². The molecule has 0 radical (unpaired) electrons. The third-order valence-corrected chi connectivity index (χ3v) is 6.43. The lowest BCUT2D eigenvalue weighted by atomic mass is 9.82. The maximum absolute atomic E-state index is 13.0. The summed E-state index contributed by atoms with van der Waals surface area (Å²) in [6, 6.07) is 19.0. The van der Waals surface area contributed by atoms with Gasteiger partial charge in [0.05, 0.1) is 12.3 Å². The summed E-state index contributed by atoms with van der Waals surface area (Å²) in [6.45, 7) is 0.793. The molecular formula is C26H27ClN2O4. The number of carboxylic acid groups (broad SMARTS) is 1. The van der Waals surface area contributed by atoms with Crippen molar-refractivity contribution in [3.05, 3.63) is 76.0 Å². The number of hydrogen-bond acceptors (Lipinski definition) is 4. The fraction of sp³-hybridized carbons (Fsp3) is 0.346. The molecule has 0 atom stereocenters. The largest absolute Gasteiger partial charge is 0.480 e. The lowest BCUT2D eigenvalue weighted by Gasteiger charge is -2.28. The van der Waals surface area contributed by atoms with Crippen LogP contribution in [-0.4, -0.2) is 34.1 Å². The van der Waals surface area contributed by atoms with Crippen LogP contribution in [0.2, 0.25) is 5.02 Å². The van der Waals surface area contributed by atoms with Crippen LogP contribution in [0.5, 0.6) is 0 Å². The zero-order valence-electron chi connectivity index (χ0n) is 18.3. The van der Waals surface area contributed by atoms with Gasteiger partial charge in [0.2, 0.25) is 0 Å². The molecule has 33 heavy (non-hydrogen) atoms. The van der Waals surface area contributed by atoms with Crippen molar-refractivity contribution in [1.82, 2.24) is 9.78 Å². The number of aromatic nitrogens is 2. The second kappa shape index (κ2) is 10.8. The zero-order chi connectivity index (χ0) is 23.2. The first-order chi connectivity index (χ1) is 16.0. The minimum atomic E-state index is -0.940. The third-order valence-electron chi connectivity index (χ3n) is 6.18. The van der Waals surface area contributed by atoms with E-state index in [0.717, 1.165) is 48.1 Å². The van der Waals surface area contributed by atoms with Crippen LogP contribution in [0, 0.1) is 11.8 Å². The Kier molecular flexibility index (Phi) is 7.57. The Hall–Kier alpha value is -2.96. The number of aliphatic carboxylic acids is 1. The number of carboxylic acids is 1. The number of ether oxygens (including phenoxy) is 1. The molecule has 3 aromatic rings. The average molecular weight is 467 g/mol. The minimum Gasteiger partial charge on any atom is -0.480 e. The molecule has 0 amide bonds. The number of halogens is 1. The summed E-state index contributed by atoms with van der Waals surface area (Å²) in [5.41, 5.74) is 3.30. The van der Waals surface area contributed by atoms with Gasteiger partial charge in [0.1, 0.15) is 6.61 Å². The number of rotatable bonds is 8. The van der Waals surface area contributed by atoms with Crippen molar-refractivity contribution >= 4 is 17.6 Å².